The summed E-state index contributed by atoms with van der Waals surface area (Å²) in [6.45, 7) is 14.2. The molecule has 5 aliphatic carbocycles. The zero-order valence-electron chi connectivity index (χ0n) is 28.0. The Bertz CT molecular complexity index is 1240. The second-order valence-corrected chi connectivity index (χ2v) is 18.3. The van der Waals surface area contributed by atoms with Crippen molar-refractivity contribution in [3.63, 3.8) is 0 Å². The fourth-order valence-corrected chi connectivity index (χ4v) is 14.1. The van der Waals surface area contributed by atoms with Gasteiger partial charge in [0.15, 0.2) is 12.1 Å². The molecule has 3 heterocycles. The van der Waals surface area contributed by atoms with Crippen LogP contribution in [0.1, 0.15) is 93.4 Å². The first kappa shape index (κ1) is 31.8. The van der Waals surface area contributed by atoms with E-state index in [0.717, 1.165) is 38.5 Å². The third kappa shape index (κ3) is 3.46. The van der Waals surface area contributed by atoms with Crippen LogP contribution >= 0.6 is 0 Å². The molecule has 3 saturated heterocycles. The van der Waals surface area contributed by atoms with Crippen LogP contribution in [0.5, 0.6) is 0 Å². The largest absolute Gasteiger partial charge is 0.394 e. The van der Waals surface area contributed by atoms with Gasteiger partial charge in [-0.05, 0) is 92.8 Å². The molecule has 2 bridgehead atoms. The van der Waals surface area contributed by atoms with Gasteiger partial charge in [-0.3, -0.25) is 0 Å². The molecule has 256 valence electrons. The topological polar surface area (TPSA) is 158 Å². The second kappa shape index (κ2) is 9.23. The zero-order valence-corrected chi connectivity index (χ0v) is 28.0. The van der Waals surface area contributed by atoms with Crippen molar-refractivity contribution in [1.82, 2.24) is 0 Å². The molecule has 45 heavy (non-hydrogen) atoms. The lowest BCUT2D eigenvalue weighted by Crippen LogP contribution is -2.64. The fourth-order valence-electron chi connectivity index (χ4n) is 14.1. The molecule has 10 heteroatoms. The molecule has 0 aromatic carbocycles. The summed E-state index contributed by atoms with van der Waals surface area (Å²) in [5.41, 5.74) is -2.77. The van der Waals surface area contributed by atoms with Gasteiger partial charge in [0.1, 0.15) is 30.5 Å². The number of ether oxygens (including phenoxy) is 4. The van der Waals surface area contributed by atoms with E-state index in [2.05, 4.69) is 34.6 Å². The van der Waals surface area contributed by atoms with Gasteiger partial charge in [0.25, 0.3) is 0 Å². The van der Waals surface area contributed by atoms with Gasteiger partial charge in [0.05, 0.1) is 30.5 Å². The minimum atomic E-state index is -1.26. The van der Waals surface area contributed by atoms with Gasteiger partial charge in [0.2, 0.25) is 0 Å². The lowest BCUT2D eigenvalue weighted by atomic mass is 9.40. The summed E-state index contributed by atoms with van der Waals surface area (Å²) < 4.78 is 25.7. The number of aliphatic hydroxyl groups excluding tert-OH is 5. The third-order valence-corrected chi connectivity index (χ3v) is 16.0. The quantitative estimate of drug-likeness (QED) is 0.270. The molecule has 0 radical (unpaired) electrons. The van der Waals surface area contributed by atoms with Crippen LogP contribution in [0.15, 0.2) is 0 Å². The van der Waals surface area contributed by atoms with E-state index in [1.54, 1.807) is 13.8 Å². The molecule has 5 saturated carbocycles. The highest BCUT2D eigenvalue weighted by Gasteiger charge is 2.89. The van der Waals surface area contributed by atoms with Crippen LogP contribution in [0.25, 0.3) is 0 Å². The standard InChI is InChI=1S/C35H56O10/c1-16-12-17-26(30(4,5)41)45-35(44-17)25(16)32(7)21(37)13-34-15-33(34)11-10-22(43-27-24(39)23(38)18(14-36)42-27)29(2,3)19(33)8-9-20(34)31(32,6)28(35)40/h16-28,36-41H,8-15H2,1-7H3/t16-,17-,18+,19+,20+,21-,22+,23-,24+,25-,26+,27+,28-,31-,32-,33-,34+,35+/m1/s1. The molecule has 3 spiro atoms. The average molecular weight is 637 g/mol. The molecule has 0 amide bonds. The first-order valence-corrected chi connectivity index (χ1v) is 17.6. The molecular formula is C35H56O10. The van der Waals surface area contributed by atoms with E-state index in [0.29, 0.717) is 12.3 Å². The smallest absolute Gasteiger partial charge is 0.199 e. The maximum atomic E-state index is 12.7. The normalized spacial score (nSPS) is 62.5. The van der Waals surface area contributed by atoms with E-state index in [9.17, 15) is 30.6 Å². The van der Waals surface area contributed by atoms with Crippen LogP contribution in [-0.4, -0.2) is 104 Å². The molecule has 3 aliphatic heterocycles. The van der Waals surface area contributed by atoms with E-state index < -0.39 is 65.1 Å². The predicted molar refractivity (Wildman–Crippen MR) is 160 cm³/mol. The summed E-state index contributed by atoms with van der Waals surface area (Å²) in [6.07, 6.45) is -0.889. The average Bonchev–Trinajstić information content (AvgIpc) is 3.31. The first-order chi connectivity index (χ1) is 20.9. The van der Waals surface area contributed by atoms with Gasteiger partial charge >= 0.3 is 0 Å². The molecule has 10 nitrogen and oxygen atoms in total. The third-order valence-electron chi connectivity index (χ3n) is 16.0. The number of rotatable bonds is 4. The molecule has 6 N–H and O–H groups in total. The van der Waals surface area contributed by atoms with Gasteiger partial charge < -0.3 is 49.6 Å². The van der Waals surface area contributed by atoms with E-state index in [4.69, 9.17) is 18.9 Å². The highest BCUT2D eigenvalue weighted by molar-refractivity contribution is 5.36. The number of hydrogen-bond acceptors (Lipinski definition) is 10. The highest BCUT2D eigenvalue weighted by atomic mass is 16.8. The summed E-state index contributed by atoms with van der Waals surface area (Å²) in [5.74, 6) is -0.819. The Balaban J connectivity index is 1.12. The Morgan fingerprint density at radius 2 is 1.58 bits per heavy atom. The van der Waals surface area contributed by atoms with Gasteiger partial charge in [-0.2, -0.15) is 0 Å². The second-order valence-electron chi connectivity index (χ2n) is 18.3. The van der Waals surface area contributed by atoms with E-state index in [1.807, 2.05) is 0 Å². The van der Waals surface area contributed by atoms with Crippen molar-refractivity contribution in [2.45, 2.75) is 160 Å². The Hall–Kier alpha value is -0.400. The molecule has 8 rings (SSSR count). The van der Waals surface area contributed by atoms with Crippen molar-refractivity contribution in [3.8, 4) is 0 Å². The number of fused-ring (bicyclic) bond motifs is 4. The van der Waals surface area contributed by atoms with E-state index in [1.165, 1.54) is 0 Å². The lowest BCUT2D eigenvalue weighted by molar-refractivity contribution is -0.283. The summed E-state index contributed by atoms with van der Waals surface area (Å²) in [4.78, 5) is 0. The van der Waals surface area contributed by atoms with E-state index in [-0.39, 0.29) is 52.8 Å². The van der Waals surface area contributed by atoms with Crippen molar-refractivity contribution >= 4 is 0 Å². The van der Waals surface area contributed by atoms with Crippen molar-refractivity contribution in [2.24, 2.45) is 50.7 Å². The predicted octanol–water partition coefficient (Wildman–Crippen LogP) is 2.09. The lowest BCUT2D eigenvalue weighted by Gasteiger charge is -2.64. The minimum absolute atomic E-state index is 0.0131. The summed E-state index contributed by atoms with van der Waals surface area (Å²) >= 11 is 0. The SMILES string of the molecule is C[C@@H]1C[C@H]2O[C@@]3(O[C@@H]2C(C)(C)O)[C@H](O)[C@@]2(C)[C@@H]4CC[C@H]5C(C)(C)[C@@H](O[C@@H]6O[C@@H](CO)[C@@H](O)[C@@H]6O)CC[C@@]56C[C@@]46C[C@@H](O)[C@]2(C)[C@@H]13. The Kier molecular flexibility index (Phi) is 6.53. The zero-order chi connectivity index (χ0) is 32.5. The summed E-state index contributed by atoms with van der Waals surface area (Å²) in [5, 5.41) is 66.7. The van der Waals surface area contributed by atoms with Gasteiger partial charge in [-0.25, -0.2) is 0 Å². The maximum absolute atomic E-state index is 12.7. The van der Waals surface area contributed by atoms with Crippen LogP contribution in [0.4, 0.5) is 0 Å². The maximum Gasteiger partial charge on any atom is 0.199 e. The van der Waals surface area contributed by atoms with Crippen LogP contribution in [0.2, 0.25) is 0 Å². The van der Waals surface area contributed by atoms with Crippen LogP contribution in [0, 0.1) is 50.7 Å². The van der Waals surface area contributed by atoms with Gasteiger partial charge in [0, 0.05) is 16.7 Å². The molecule has 8 fully saturated rings. The van der Waals surface area contributed by atoms with Crippen molar-refractivity contribution in [3.05, 3.63) is 0 Å². The van der Waals surface area contributed by atoms with Crippen LogP contribution < -0.4 is 0 Å². The molecule has 18 atom stereocenters. The first-order valence-electron chi connectivity index (χ1n) is 17.6. The molecular weight excluding hydrogens is 580 g/mol. The van der Waals surface area contributed by atoms with Gasteiger partial charge in [-0.15, -0.1) is 0 Å². The highest BCUT2D eigenvalue weighted by Crippen LogP contribution is 2.90. The Labute approximate surface area is 266 Å². The van der Waals surface area contributed by atoms with Crippen LogP contribution in [0.3, 0.4) is 0 Å². The van der Waals surface area contributed by atoms with Crippen molar-refractivity contribution < 1.29 is 49.6 Å². The summed E-state index contributed by atoms with van der Waals surface area (Å²) in [7, 11) is 0. The number of hydrogen-bond donors (Lipinski definition) is 6. The molecule has 0 unspecified atom stereocenters. The Morgan fingerprint density at radius 1 is 0.889 bits per heavy atom. The molecule has 8 aliphatic rings. The fraction of sp³-hybridized carbons (Fsp3) is 1.00. The minimum Gasteiger partial charge on any atom is -0.394 e. The summed E-state index contributed by atoms with van der Waals surface area (Å²) in [6, 6.07) is 0. The van der Waals surface area contributed by atoms with Crippen molar-refractivity contribution in [1.29, 1.82) is 0 Å². The van der Waals surface area contributed by atoms with Gasteiger partial charge in [-0.1, -0.05) is 34.6 Å². The van der Waals surface area contributed by atoms with Crippen LogP contribution in [-0.2, 0) is 18.9 Å². The molecule has 0 aromatic rings. The monoisotopic (exact) mass is 636 g/mol. The number of aliphatic hydroxyl groups is 6. The van der Waals surface area contributed by atoms with E-state index >= 15 is 0 Å². The Morgan fingerprint density at radius 3 is 2.22 bits per heavy atom. The molecule has 0 aromatic heterocycles. The van der Waals surface area contributed by atoms with Crippen molar-refractivity contribution in [2.75, 3.05) is 6.61 Å².